The minimum atomic E-state index is -1.44. The van der Waals surface area contributed by atoms with Crippen molar-refractivity contribution in [1.29, 1.82) is 0 Å². The summed E-state index contributed by atoms with van der Waals surface area (Å²) in [6.07, 6.45) is 2.52. The standard InChI is InChI=1S/C27H29Cl2N3O4/c1-17-22(23(31-36-17)20-9-4-5-10-21(20)29)24(33)35-27(25(30)34)13-11-26(12-14-27,32(2)3)16-18-7-6-8-19(28)15-18/h4-10,15H,11-14,16H2,1-3H3,(H2,30,34). The molecule has 1 aliphatic carbocycles. The van der Waals surface area contributed by atoms with Gasteiger partial charge in [0.1, 0.15) is 17.0 Å². The maximum absolute atomic E-state index is 13.4. The first kappa shape index (κ1) is 26.2. The summed E-state index contributed by atoms with van der Waals surface area (Å²) in [5.74, 6) is -1.11. The molecular weight excluding hydrogens is 501 g/mol. The Morgan fingerprint density at radius 2 is 1.78 bits per heavy atom. The largest absolute Gasteiger partial charge is 0.445 e. The number of hydrogen-bond donors (Lipinski definition) is 1. The number of aryl methyl sites for hydroxylation is 1. The van der Waals surface area contributed by atoms with Gasteiger partial charge in [-0.3, -0.25) is 4.79 Å². The summed E-state index contributed by atoms with van der Waals surface area (Å²) in [5.41, 5.74) is 6.20. The molecule has 9 heteroatoms. The van der Waals surface area contributed by atoms with Crippen LogP contribution in [-0.4, -0.2) is 47.2 Å². The average Bonchev–Trinajstić information content (AvgIpc) is 3.21. The Morgan fingerprint density at radius 1 is 1.08 bits per heavy atom. The van der Waals surface area contributed by atoms with Crippen molar-refractivity contribution in [2.24, 2.45) is 5.73 Å². The van der Waals surface area contributed by atoms with Crippen LogP contribution in [0.4, 0.5) is 0 Å². The minimum absolute atomic E-state index is 0.132. The molecule has 2 aromatic carbocycles. The number of carbonyl (C=O) groups is 2. The first-order chi connectivity index (χ1) is 17.1. The Hall–Kier alpha value is -2.87. The van der Waals surface area contributed by atoms with Crippen molar-refractivity contribution < 1.29 is 18.8 Å². The lowest BCUT2D eigenvalue weighted by molar-refractivity contribution is -0.144. The van der Waals surface area contributed by atoms with E-state index in [0.29, 0.717) is 41.3 Å². The molecule has 2 N–H and O–H groups in total. The second kappa shape index (κ2) is 10.2. The molecule has 1 fully saturated rings. The van der Waals surface area contributed by atoms with Gasteiger partial charge < -0.3 is 19.9 Å². The lowest BCUT2D eigenvalue weighted by atomic mass is 9.70. The Labute approximate surface area is 220 Å². The fourth-order valence-electron chi connectivity index (χ4n) is 5.01. The third kappa shape index (κ3) is 5.01. The topological polar surface area (TPSA) is 98.7 Å². The highest BCUT2D eigenvalue weighted by Crippen LogP contribution is 2.43. The smallest absolute Gasteiger partial charge is 0.345 e. The molecule has 0 atom stereocenters. The summed E-state index contributed by atoms with van der Waals surface area (Å²) in [5, 5.41) is 5.13. The Kier molecular flexibility index (Phi) is 7.46. The zero-order chi connectivity index (χ0) is 26.1. The summed E-state index contributed by atoms with van der Waals surface area (Å²) in [4.78, 5) is 28.3. The van der Waals surface area contributed by atoms with Crippen LogP contribution in [0.5, 0.6) is 0 Å². The van der Waals surface area contributed by atoms with E-state index in [9.17, 15) is 9.59 Å². The number of ether oxygens (including phenoxy) is 1. The van der Waals surface area contributed by atoms with Crippen molar-refractivity contribution in [1.82, 2.24) is 10.1 Å². The number of nitrogens with zero attached hydrogens (tertiary/aromatic N) is 2. The summed E-state index contributed by atoms with van der Waals surface area (Å²) in [6, 6.07) is 14.8. The number of halogens is 2. The lowest BCUT2D eigenvalue weighted by Crippen LogP contribution is -2.57. The van der Waals surface area contributed by atoms with E-state index in [2.05, 4.69) is 10.1 Å². The Balaban J connectivity index is 1.59. The number of aromatic nitrogens is 1. The summed E-state index contributed by atoms with van der Waals surface area (Å²) < 4.78 is 11.2. The van der Waals surface area contributed by atoms with Crippen LogP contribution in [0, 0.1) is 6.92 Å². The van der Waals surface area contributed by atoms with Crippen molar-refractivity contribution in [2.45, 2.75) is 50.2 Å². The summed E-state index contributed by atoms with van der Waals surface area (Å²) in [7, 11) is 4.04. The zero-order valence-corrected chi connectivity index (χ0v) is 22.0. The predicted octanol–water partition coefficient (Wildman–Crippen LogP) is 5.45. The van der Waals surface area contributed by atoms with Crippen molar-refractivity contribution in [3.05, 3.63) is 75.5 Å². The summed E-state index contributed by atoms with van der Waals surface area (Å²) in [6.45, 7) is 1.61. The molecule has 190 valence electrons. The molecule has 0 unspecified atom stereocenters. The van der Waals surface area contributed by atoms with Crippen LogP contribution in [0.1, 0.15) is 47.4 Å². The van der Waals surface area contributed by atoms with Gasteiger partial charge in [-0.15, -0.1) is 0 Å². The number of esters is 1. The number of carbonyl (C=O) groups excluding carboxylic acids is 2. The number of likely N-dealkylation sites (N-methyl/N-ethyl adjacent to an activating group) is 1. The van der Waals surface area contributed by atoms with Crippen molar-refractivity contribution in [3.63, 3.8) is 0 Å². The van der Waals surface area contributed by atoms with Crippen LogP contribution < -0.4 is 5.73 Å². The molecule has 1 heterocycles. The second-order valence-electron chi connectivity index (χ2n) is 9.62. The lowest BCUT2D eigenvalue weighted by Gasteiger charge is -2.48. The second-order valence-corrected chi connectivity index (χ2v) is 10.5. The van der Waals surface area contributed by atoms with Crippen LogP contribution >= 0.6 is 23.2 Å². The molecule has 3 aromatic rings. The molecule has 0 bridgehead atoms. The number of hydrogen-bond acceptors (Lipinski definition) is 6. The third-order valence-electron chi connectivity index (χ3n) is 7.29. The molecule has 0 radical (unpaired) electrons. The first-order valence-electron chi connectivity index (χ1n) is 11.7. The van der Waals surface area contributed by atoms with Crippen LogP contribution in [0.25, 0.3) is 11.3 Å². The number of rotatable bonds is 7. The Bertz CT molecular complexity index is 1280. The van der Waals surface area contributed by atoms with Gasteiger partial charge in [-0.1, -0.05) is 58.7 Å². The minimum Gasteiger partial charge on any atom is -0.445 e. The van der Waals surface area contributed by atoms with Crippen molar-refractivity contribution in [2.75, 3.05) is 14.1 Å². The maximum atomic E-state index is 13.4. The van der Waals surface area contributed by atoms with Gasteiger partial charge >= 0.3 is 5.97 Å². The van der Waals surface area contributed by atoms with Gasteiger partial charge in [0, 0.05) is 16.1 Å². The van der Waals surface area contributed by atoms with Crippen LogP contribution in [-0.2, 0) is 16.0 Å². The van der Waals surface area contributed by atoms with Crippen molar-refractivity contribution >= 4 is 35.1 Å². The SMILES string of the molecule is Cc1onc(-c2ccccc2Cl)c1C(=O)OC1(C(N)=O)CCC(Cc2cccc(Cl)c2)(N(C)C)CC1. The van der Waals surface area contributed by atoms with Gasteiger partial charge in [-0.2, -0.15) is 0 Å². The van der Waals surface area contributed by atoms with E-state index in [-0.39, 0.29) is 22.6 Å². The van der Waals surface area contributed by atoms with E-state index < -0.39 is 17.5 Å². The molecule has 7 nitrogen and oxygen atoms in total. The van der Waals surface area contributed by atoms with Gasteiger partial charge in [0.15, 0.2) is 5.60 Å². The van der Waals surface area contributed by atoms with Crippen LogP contribution in [0.15, 0.2) is 53.1 Å². The van der Waals surface area contributed by atoms with Gasteiger partial charge in [-0.05, 0) is 76.9 Å². The molecule has 1 aliphatic rings. The quantitative estimate of drug-likeness (QED) is 0.408. The fourth-order valence-corrected chi connectivity index (χ4v) is 5.44. The van der Waals surface area contributed by atoms with E-state index >= 15 is 0 Å². The highest BCUT2D eigenvalue weighted by Gasteiger charge is 2.50. The number of nitrogens with two attached hydrogens (primary N) is 1. The normalized spacial score (nSPS) is 21.9. The van der Waals surface area contributed by atoms with Gasteiger partial charge in [0.2, 0.25) is 0 Å². The van der Waals surface area contributed by atoms with E-state index in [1.54, 1.807) is 31.2 Å². The van der Waals surface area contributed by atoms with Crippen LogP contribution in [0.3, 0.4) is 0 Å². The van der Waals surface area contributed by atoms with E-state index in [1.165, 1.54) is 0 Å². The molecule has 4 rings (SSSR count). The third-order valence-corrected chi connectivity index (χ3v) is 7.86. The molecule has 0 spiro atoms. The highest BCUT2D eigenvalue weighted by atomic mass is 35.5. The predicted molar refractivity (Wildman–Crippen MR) is 139 cm³/mol. The van der Waals surface area contributed by atoms with Gasteiger partial charge in [0.25, 0.3) is 5.91 Å². The van der Waals surface area contributed by atoms with Gasteiger partial charge in [-0.25, -0.2) is 4.79 Å². The molecule has 1 amide bonds. The highest BCUT2D eigenvalue weighted by molar-refractivity contribution is 6.33. The van der Waals surface area contributed by atoms with E-state index in [1.807, 2.05) is 38.4 Å². The molecule has 36 heavy (non-hydrogen) atoms. The van der Waals surface area contributed by atoms with E-state index in [0.717, 1.165) is 12.0 Å². The first-order valence-corrected chi connectivity index (χ1v) is 12.5. The number of amides is 1. The maximum Gasteiger partial charge on any atom is 0.345 e. The monoisotopic (exact) mass is 529 g/mol. The molecular formula is C27H29Cl2N3O4. The molecule has 1 aromatic heterocycles. The van der Waals surface area contributed by atoms with Gasteiger partial charge in [0.05, 0.1) is 5.02 Å². The Morgan fingerprint density at radius 3 is 2.39 bits per heavy atom. The number of benzene rings is 2. The fraction of sp³-hybridized carbons (Fsp3) is 0.370. The van der Waals surface area contributed by atoms with Crippen LogP contribution in [0.2, 0.25) is 10.0 Å². The summed E-state index contributed by atoms with van der Waals surface area (Å²) >= 11 is 12.5. The molecule has 1 saturated carbocycles. The molecule has 0 saturated heterocycles. The van der Waals surface area contributed by atoms with Crippen molar-refractivity contribution in [3.8, 4) is 11.3 Å². The zero-order valence-electron chi connectivity index (χ0n) is 20.5. The average molecular weight is 530 g/mol. The number of primary amides is 1. The molecule has 0 aliphatic heterocycles. The van der Waals surface area contributed by atoms with E-state index in [4.69, 9.17) is 38.2 Å².